The van der Waals surface area contributed by atoms with Gasteiger partial charge in [0.05, 0.1) is 24.9 Å². The quantitative estimate of drug-likeness (QED) is 0.590. The molecule has 1 fully saturated rings. The van der Waals surface area contributed by atoms with Crippen molar-refractivity contribution in [1.29, 1.82) is 0 Å². The molecule has 0 amide bonds. The number of thiocarbonyl (C=S) groups is 1. The second-order valence-electron chi connectivity index (χ2n) is 7.62. The molecule has 1 aromatic carbocycles. The van der Waals surface area contributed by atoms with E-state index in [4.69, 9.17) is 17.0 Å². The number of hydrogen-bond donors (Lipinski definition) is 1. The third kappa shape index (κ3) is 4.04. The van der Waals surface area contributed by atoms with Gasteiger partial charge in [0.1, 0.15) is 5.75 Å². The van der Waals surface area contributed by atoms with E-state index in [-0.39, 0.29) is 12.1 Å². The molecule has 2 unspecified atom stereocenters. The van der Waals surface area contributed by atoms with E-state index >= 15 is 0 Å². The molecular weight excluding hydrogens is 394 g/mol. The highest BCUT2D eigenvalue weighted by Gasteiger charge is 2.41. The minimum atomic E-state index is -0.0206. The number of benzene rings is 1. The third-order valence-electron chi connectivity index (χ3n) is 5.42. The zero-order valence-electron chi connectivity index (χ0n) is 17.5. The molecule has 0 aliphatic carbocycles. The van der Waals surface area contributed by atoms with Crippen LogP contribution in [0.15, 0.2) is 67.0 Å². The van der Waals surface area contributed by atoms with Gasteiger partial charge in [0.2, 0.25) is 0 Å². The summed E-state index contributed by atoms with van der Waals surface area (Å²) in [6.07, 6.45) is 3.93. The van der Waals surface area contributed by atoms with Gasteiger partial charge in [-0.1, -0.05) is 6.07 Å². The molecule has 7 heteroatoms. The van der Waals surface area contributed by atoms with Crippen LogP contribution < -0.4 is 10.1 Å². The van der Waals surface area contributed by atoms with E-state index in [9.17, 15) is 0 Å². The average Bonchev–Trinajstić information content (AvgIpc) is 3.37. The average molecular weight is 422 g/mol. The van der Waals surface area contributed by atoms with Gasteiger partial charge in [-0.15, -0.1) is 0 Å². The van der Waals surface area contributed by atoms with Crippen LogP contribution in [0.5, 0.6) is 5.75 Å². The largest absolute Gasteiger partial charge is 0.497 e. The minimum absolute atomic E-state index is 0.0206. The predicted octanol–water partition coefficient (Wildman–Crippen LogP) is 3.42. The lowest BCUT2D eigenvalue weighted by Gasteiger charge is -2.29. The summed E-state index contributed by atoms with van der Waals surface area (Å²) >= 11 is 5.76. The first-order valence-electron chi connectivity index (χ1n) is 10.0. The lowest BCUT2D eigenvalue weighted by Crippen LogP contribution is -2.36. The maximum Gasteiger partial charge on any atom is 0.170 e. The Labute approximate surface area is 183 Å². The minimum Gasteiger partial charge on any atom is -0.497 e. The van der Waals surface area contributed by atoms with E-state index in [0.29, 0.717) is 0 Å². The molecule has 0 spiro atoms. The van der Waals surface area contributed by atoms with Crippen molar-refractivity contribution in [3.63, 3.8) is 0 Å². The summed E-state index contributed by atoms with van der Waals surface area (Å²) in [5.74, 6) is 0.843. The van der Waals surface area contributed by atoms with Crippen LogP contribution in [0.1, 0.15) is 23.5 Å². The van der Waals surface area contributed by atoms with E-state index in [2.05, 4.69) is 75.3 Å². The summed E-state index contributed by atoms with van der Waals surface area (Å²) in [7, 11) is 5.84. The predicted molar refractivity (Wildman–Crippen MR) is 123 cm³/mol. The lowest BCUT2D eigenvalue weighted by atomic mass is 10.0. The zero-order valence-corrected chi connectivity index (χ0v) is 18.3. The fourth-order valence-electron chi connectivity index (χ4n) is 3.89. The Morgan fingerprint density at radius 2 is 1.90 bits per heavy atom. The number of nitrogens with one attached hydrogen (secondary N) is 1. The van der Waals surface area contributed by atoms with Gasteiger partial charge in [-0.3, -0.25) is 4.98 Å². The topological polar surface area (TPSA) is 45.6 Å². The Kier molecular flexibility index (Phi) is 6.01. The second-order valence-corrected chi connectivity index (χ2v) is 8.01. The Hall–Kier alpha value is -2.90. The Morgan fingerprint density at radius 3 is 2.57 bits per heavy atom. The number of rotatable bonds is 7. The number of methoxy groups -OCH3 is 1. The van der Waals surface area contributed by atoms with Crippen LogP contribution in [0, 0.1) is 0 Å². The highest BCUT2D eigenvalue weighted by Crippen LogP contribution is 2.39. The summed E-state index contributed by atoms with van der Waals surface area (Å²) in [6.45, 7) is 1.75. The number of likely N-dealkylation sites (N-methyl/N-ethyl adjacent to an activating group) is 1. The van der Waals surface area contributed by atoms with Gasteiger partial charge in [-0.2, -0.15) is 0 Å². The Morgan fingerprint density at radius 1 is 1.10 bits per heavy atom. The lowest BCUT2D eigenvalue weighted by molar-refractivity contribution is 0.272. The molecule has 2 aromatic heterocycles. The van der Waals surface area contributed by atoms with E-state index in [1.165, 1.54) is 5.69 Å². The van der Waals surface area contributed by atoms with E-state index in [1.54, 1.807) is 7.11 Å². The zero-order chi connectivity index (χ0) is 21.1. The van der Waals surface area contributed by atoms with Crippen LogP contribution in [0.2, 0.25) is 0 Å². The fraction of sp³-hybridized carbons (Fsp3) is 0.304. The number of nitrogens with zero attached hydrogens (tertiary/aromatic N) is 4. The maximum atomic E-state index is 5.76. The first kappa shape index (κ1) is 20.4. The normalized spacial score (nSPS) is 18.7. The molecule has 0 saturated carbocycles. The van der Waals surface area contributed by atoms with Crippen molar-refractivity contribution in [2.24, 2.45) is 0 Å². The SMILES string of the molecule is COc1ccc(-n2cccc2C2C(c3ccccn3)NC(=S)N2CCN(C)C)cc1. The van der Waals surface area contributed by atoms with Gasteiger partial charge in [0.15, 0.2) is 5.11 Å². The molecule has 0 radical (unpaired) electrons. The van der Waals surface area contributed by atoms with E-state index in [0.717, 1.165) is 35.3 Å². The van der Waals surface area contributed by atoms with Gasteiger partial charge in [-0.25, -0.2) is 0 Å². The number of hydrogen-bond acceptors (Lipinski definition) is 4. The fourth-order valence-corrected chi connectivity index (χ4v) is 4.22. The molecule has 3 aromatic rings. The highest BCUT2D eigenvalue weighted by atomic mass is 32.1. The maximum absolute atomic E-state index is 5.76. The monoisotopic (exact) mass is 421 g/mol. The van der Waals surface area contributed by atoms with Gasteiger partial charge in [-0.05, 0) is 74.8 Å². The van der Waals surface area contributed by atoms with E-state index < -0.39 is 0 Å². The number of pyridine rings is 1. The van der Waals surface area contributed by atoms with Crippen molar-refractivity contribution in [2.45, 2.75) is 12.1 Å². The molecule has 1 N–H and O–H groups in total. The Balaban J connectivity index is 1.75. The van der Waals surface area contributed by atoms with Crippen molar-refractivity contribution < 1.29 is 4.74 Å². The van der Waals surface area contributed by atoms with Crippen molar-refractivity contribution in [3.05, 3.63) is 78.4 Å². The molecule has 0 bridgehead atoms. The highest BCUT2D eigenvalue weighted by molar-refractivity contribution is 7.80. The Bertz CT molecular complexity index is 986. The van der Waals surface area contributed by atoms with Gasteiger partial charge >= 0.3 is 0 Å². The molecular formula is C23H27N5OS. The third-order valence-corrected chi connectivity index (χ3v) is 5.77. The van der Waals surface area contributed by atoms with Crippen LogP contribution in [0.4, 0.5) is 0 Å². The van der Waals surface area contributed by atoms with E-state index in [1.807, 2.05) is 30.5 Å². The van der Waals surface area contributed by atoms with Crippen LogP contribution >= 0.6 is 12.2 Å². The van der Waals surface area contributed by atoms with Crippen LogP contribution in [-0.2, 0) is 0 Å². The first-order chi connectivity index (χ1) is 14.6. The standard InChI is InChI=1S/C23H27N5OS/c1-26(2)15-16-28-22(21(25-23(28)30)19-7-4-5-13-24-19)20-8-6-14-27(20)17-9-11-18(29-3)12-10-17/h4-14,21-22H,15-16H2,1-3H3,(H,25,30). The molecule has 6 nitrogen and oxygen atoms in total. The van der Waals surface area contributed by atoms with Crippen molar-refractivity contribution >= 4 is 17.3 Å². The van der Waals surface area contributed by atoms with Gasteiger partial charge in [0.25, 0.3) is 0 Å². The van der Waals surface area contributed by atoms with Crippen LogP contribution in [-0.4, -0.2) is 58.8 Å². The molecule has 1 saturated heterocycles. The summed E-state index contributed by atoms with van der Waals surface area (Å²) in [5.41, 5.74) is 3.24. The van der Waals surface area contributed by atoms with Crippen molar-refractivity contribution in [2.75, 3.05) is 34.3 Å². The molecule has 1 aliphatic heterocycles. The number of ether oxygens (including phenoxy) is 1. The smallest absolute Gasteiger partial charge is 0.170 e. The van der Waals surface area contributed by atoms with Gasteiger partial charge in [0, 0.05) is 36.9 Å². The summed E-state index contributed by atoms with van der Waals surface area (Å²) < 4.78 is 7.54. The van der Waals surface area contributed by atoms with Gasteiger partial charge < -0.3 is 24.4 Å². The molecule has 156 valence electrons. The van der Waals surface area contributed by atoms with Crippen molar-refractivity contribution in [1.82, 2.24) is 24.7 Å². The summed E-state index contributed by atoms with van der Waals surface area (Å²) in [6, 6.07) is 18.4. The van der Waals surface area contributed by atoms with Crippen LogP contribution in [0.3, 0.4) is 0 Å². The molecule has 4 rings (SSSR count). The second kappa shape index (κ2) is 8.85. The molecule has 30 heavy (non-hydrogen) atoms. The summed E-state index contributed by atoms with van der Waals surface area (Å²) in [4.78, 5) is 9.08. The molecule has 2 atom stereocenters. The summed E-state index contributed by atoms with van der Waals surface area (Å²) in [5, 5.41) is 4.29. The van der Waals surface area contributed by atoms with Crippen molar-refractivity contribution in [3.8, 4) is 11.4 Å². The first-order valence-corrected chi connectivity index (χ1v) is 10.4. The van der Waals surface area contributed by atoms with Crippen LogP contribution in [0.25, 0.3) is 5.69 Å². The number of aromatic nitrogens is 2. The molecule has 1 aliphatic rings. The molecule has 3 heterocycles.